The van der Waals surface area contributed by atoms with E-state index in [0.717, 1.165) is 5.52 Å². The van der Waals surface area contributed by atoms with Gasteiger partial charge in [-0.05, 0) is 12.1 Å². The van der Waals surface area contributed by atoms with Crippen molar-refractivity contribution < 1.29 is 9.53 Å². The van der Waals surface area contributed by atoms with Gasteiger partial charge in [-0.1, -0.05) is 6.07 Å². The fraction of sp³-hybridized carbons (Fsp3) is 0.333. The summed E-state index contributed by atoms with van der Waals surface area (Å²) >= 11 is 0. The molecule has 0 bridgehead atoms. The van der Waals surface area contributed by atoms with Crippen LogP contribution in [0.5, 0.6) is 0 Å². The minimum absolute atomic E-state index is 0.146. The topological polar surface area (TPSA) is 81.6 Å². The zero-order valence-corrected chi connectivity index (χ0v) is 10.0. The maximum atomic E-state index is 11.9. The average Bonchev–Trinajstić information content (AvgIpc) is 2.82. The van der Waals surface area contributed by atoms with E-state index in [1.807, 2.05) is 18.2 Å². The zero-order chi connectivity index (χ0) is 12.8. The highest BCUT2D eigenvalue weighted by molar-refractivity contribution is 6.00. The van der Waals surface area contributed by atoms with Gasteiger partial charge < -0.3 is 15.8 Å². The van der Waals surface area contributed by atoms with Gasteiger partial charge in [0.15, 0.2) is 0 Å². The fourth-order valence-corrected chi connectivity index (χ4v) is 1.63. The van der Waals surface area contributed by atoms with Crippen LogP contribution in [0, 0.1) is 0 Å². The van der Waals surface area contributed by atoms with E-state index in [9.17, 15) is 4.79 Å². The number of rotatable bonds is 6. The second kappa shape index (κ2) is 6.13. The molecule has 0 radical (unpaired) electrons. The first-order valence-electron chi connectivity index (χ1n) is 5.81. The van der Waals surface area contributed by atoms with Crippen LogP contribution in [-0.2, 0) is 4.74 Å². The van der Waals surface area contributed by atoms with Gasteiger partial charge in [0.1, 0.15) is 0 Å². The standard InChI is InChI=1S/C12H16N4O2/c13-4-7-18-8-5-14-12(17)10-9-15-16-6-2-1-3-11(10)16/h1-3,6,9H,4-5,7-8,13H2,(H,14,17). The molecule has 0 atom stereocenters. The molecule has 2 rings (SSSR count). The quantitative estimate of drug-likeness (QED) is 0.707. The predicted molar refractivity (Wildman–Crippen MR) is 67.4 cm³/mol. The number of nitrogens with two attached hydrogens (primary N) is 1. The van der Waals surface area contributed by atoms with Crippen molar-refractivity contribution >= 4 is 11.4 Å². The smallest absolute Gasteiger partial charge is 0.255 e. The van der Waals surface area contributed by atoms with Crippen LogP contribution in [-0.4, -0.2) is 41.8 Å². The number of carbonyl (C=O) groups is 1. The summed E-state index contributed by atoms with van der Waals surface area (Å²) in [6, 6.07) is 5.59. The van der Waals surface area contributed by atoms with Crippen molar-refractivity contribution in [1.82, 2.24) is 14.9 Å². The third kappa shape index (κ3) is 2.85. The molecule has 0 aliphatic carbocycles. The third-order valence-corrected chi connectivity index (χ3v) is 2.47. The number of hydrogen-bond donors (Lipinski definition) is 2. The van der Waals surface area contributed by atoms with Gasteiger partial charge in [-0.3, -0.25) is 4.79 Å². The maximum Gasteiger partial charge on any atom is 0.255 e. The molecular weight excluding hydrogens is 232 g/mol. The van der Waals surface area contributed by atoms with Crippen LogP contribution in [0.2, 0.25) is 0 Å². The highest BCUT2D eigenvalue weighted by atomic mass is 16.5. The van der Waals surface area contributed by atoms with Crippen LogP contribution in [0.25, 0.3) is 5.52 Å². The lowest BCUT2D eigenvalue weighted by atomic mass is 10.2. The lowest BCUT2D eigenvalue weighted by Crippen LogP contribution is -2.27. The van der Waals surface area contributed by atoms with Gasteiger partial charge in [0.05, 0.1) is 30.5 Å². The Morgan fingerprint density at radius 2 is 2.33 bits per heavy atom. The molecule has 0 unspecified atom stereocenters. The van der Waals surface area contributed by atoms with Crippen molar-refractivity contribution in [3.8, 4) is 0 Å². The molecule has 96 valence electrons. The summed E-state index contributed by atoms with van der Waals surface area (Å²) in [5, 5.41) is 6.88. The van der Waals surface area contributed by atoms with Gasteiger partial charge in [-0.2, -0.15) is 5.10 Å². The Morgan fingerprint density at radius 1 is 1.44 bits per heavy atom. The molecule has 2 aromatic rings. The molecular formula is C12H16N4O2. The monoisotopic (exact) mass is 248 g/mol. The number of nitrogens with zero attached hydrogens (tertiary/aromatic N) is 2. The number of fused-ring (bicyclic) bond motifs is 1. The highest BCUT2D eigenvalue weighted by Gasteiger charge is 2.11. The van der Waals surface area contributed by atoms with E-state index in [1.54, 1.807) is 16.9 Å². The number of aromatic nitrogens is 2. The Kier molecular flexibility index (Phi) is 4.27. The van der Waals surface area contributed by atoms with E-state index in [2.05, 4.69) is 10.4 Å². The highest BCUT2D eigenvalue weighted by Crippen LogP contribution is 2.09. The van der Waals surface area contributed by atoms with Gasteiger partial charge >= 0.3 is 0 Å². The lowest BCUT2D eigenvalue weighted by molar-refractivity contribution is 0.0921. The van der Waals surface area contributed by atoms with Crippen molar-refractivity contribution in [3.05, 3.63) is 36.2 Å². The molecule has 1 amide bonds. The molecule has 6 heteroatoms. The Balaban J connectivity index is 1.93. The van der Waals surface area contributed by atoms with E-state index >= 15 is 0 Å². The lowest BCUT2D eigenvalue weighted by Gasteiger charge is -2.04. The van der Waals surface area contributed by atoms with E-state index in [0.29, 0.717) is 31.9 Å². The summed E-state index contributed by atoms with van der Waals surface area (Å²) < 4.78 is 6.84. The molecule has 0 spiro atoms. The van der Waals surface area contributed by atoms with Crippen molar-refractivity contribution in [2.75, 3.05) is 26.3 Å². The number of amides is 1. The molecule has 3 N–H and O–H groups in total. The van der Waals surface area contributed by atoms with Gasteiger partial charge in [0, 0.05) is 19.3 Å². The van der Waals surface area contributed by atoms with Crippen molar-refractivity contribution in [1.29, 1.82) is 0 Å². The Morgan fingerprint density at radius 3 is 3.17 bits per heavy atom. The number of nitrogens with one attached hydrogen (secondary N) is 1. The fourth-order valence-electron chi connectivity index (χ4n) is 1.63. The average molecular weight is 248 g/mol. The normalized spacial score (nSPS) is 10.7. The second-order valence-corrected chi connectivity index (χ2v) is 3.75. The predicted octanol–water partition coefficient (Wildman–Crippen LogP) is 0.0394. The first kappa shape index (κ1) is 12.5. The molecule has 0 aliphatic heterocycles. The summed E-state index contributed by atoms with van der Waals surface area (Å²) in [5.41, 5.74) is 6.64. The van der Waals surface area contributed by atoms with Crippen molar-refractivity contribution in [2.24, 2.45) is 5.73 Å². The molecule has 0 saturated carbocycles. The Labute approximate surface area is 105 Å². The van der Waals surface area contributed by atoms with E-state index < -0.39 is 0 Å². The zero-order valence-electron chi connectivity index (χ0n) is 10.0. The second-order valence-electron chi connectivity index (χ2n) is 3.75. The van der Waals surface area contributed by atoms with Crippen LogP contribution in [0.15, 0.2) is 30.6 Å². The summed E-state index contributed by atoms with van der Waals surface area (Å²) in [6.45, 7) is 1.92. The molecule has 18 heavy (non-hydrogen) atoms. The number of carbonyl (C=O) groups excluding carboxylic acids is 1. The Bertz CT molecular complexity index is 524. The number of pyridine rings is 1. The largest absolute Gasteiger partial charge is 0.378 e. The van der Waals surface area contributed by atoms with E-state index in [-0.39, 0.29) is 5.91 Å². The molecule has 0 aliphatic rings. The van der Waals surface area contributed by atoms with Crippen LogP contribution >= 0.6 is 0 Å². The third-order valence-electron chi connectivity index (χ3n) is 2.47. The SMILES string of the molecule is NCCOCCNC(=O)c1cnn2ccccc12. The first-order chi connectivity index (χ1) is 8.83. The van der Waals surface area contributed by atoms with Crippen LogP contribution in [0.3, 0.4) is 0 Å². The summed E-state index contributed by atoms with van der Waals surface area (Å²) in [7, 11) is 0. The van der Waals surface area contributed by atoms with E-state index in [4.69, 9.17) is 10.5 Å². The van der Waals surface area contributed by atoms with Gasteiger partial charge in [0.2, 0.25) is 0 Å². The first-order valence-corrected chi connectivity index (χ1v) is 5.81. The number of ether oxygens (including phenoxy) is 1. The van der Waals surface area contributed by atoms with Crippen LogP contribution in [0.4, 0.5) is 0 Å². The van der Waals surface area contributed by atoms with Crippen molar-refractivity contribution in [3.63, 3.8) is 0 Å². The van der Waals surface area contributed by atoms with E-state index in [1.165, 1.54) is 0 Å². The van der Waals surface area contributed by atoms with Gasteiger partial charge in [0.25, 0.3) is 5.91 Å². The Hall–Kier alpha value is -1.92. The molecule has 0 fully saturated rings. The number of hydrogen-bond acceptors (Lipinski definition) is 4. The minimum Gasteiger partial charge on any atom is -0.378 e. The molecule has 0 saturated heterocycles. The van der Waals surface area contributed by atoms with Crippen molar-refractivity contribution in [2.45, 2.75) is 0 Å². The molecule has 2 heterocycles. The molecule has 0 aromatic carbocycles. The molecule has 6 nitrogen and oxygen atoms in total. The van der Waals surface area contributed by atoms with Crippen LogP contribution in [0.1, 0.15) is 10.4 Å². The van der Waals surface area contributed by atoms with Gasteiger partial charge in [-0.25, -0.2) is 4.52 Å². The summed E-state index contributed by atoms with van der Waals surface area (Å²) in [5.74, 6) is -0.146. The maximum absolute atomic E-state index is 11.9. The minimum atomic E-state index is -0.146. The summed E-state index contributed by atoms with van der Waals surface area (Å²) in [6.07, 6.45) is 3.36. The van der Waals surface area contributed by atoms with Gasteiger partial charge in [-0.15, -0.1) is 0 Å². The summed E-state index contributed by atoms with van der Waals surface area (Å²) in [4.78, 5) is 11.9. The van der Waals surface area contributed by atoms with Crippen LogP contribution < -0.4 is 11.1 Å². The molecule has 2 aromatic heterocycles.